The predicted molar refractivity (Wildman–Crippen MR) is 95.6 cm³/mol. The van der Waals surface area contributed by atoms with Crippen LogP contribution in [-0.4, -0.2) is 15.9 Å². The maximum absolute atomic E-state index is 12.4. The van der Waals surface area contributed by atoms with Gasteiger partial charge >= 0.3 is 0 Å². The smallest absolute Gasteiger partial charge is 0.274 e. The lowest BCUT2D eigenvalue weighted by atomic mass is 10.2. The third-order valence-corrected chi connectivity index (χ3v) is 3.51. The van der Waals surface area contributed by atoms with E-state index in [4.69, 9.17) is 0 Å². The number of nitrogens with zero attached hydrogens (tertiary/aromatic N) is 2. The monoisotopic (exact) mass is 318 g/mol. The largest absolute Gasteiger partial charge is 0.340 e. The summed E-state index contributed by atoms with van der Waals surface area (Å²) in [6.07, 6.45) is 0. The van der Waals surface area contributed by atoms with Crippen molar-refractivity contribution in [3.05, 3.63) is 77.7 Å². The number of carbonyl (C=O) groups is 1. The second kappa shape index (κ2) is 6.91. The third kappa shape index (κ3) is 3.76. The Kier molecular flexibility index (Phi) is 4.52. The zero-order chi connectivity index (χ0) is 16.9. The van der Waals surface area contributed by atoms with E-state index >= 15 is 0 Å². The molecular formula is C19H18N4O. The van der Waals surface area contributed by atoms with Gasteiger partial charge in [0.1, 0.15) is 17.3 Å². The SMILES string of the molecule is Cc1nc(Nc2ccccc2C)cc(C(=O)Nc2ccccc2)n1. The average Bonchev–Trinajstić information content (AvgIpc) is 2.57. The number of aryl methyl sites for hydroxylation is 2. The van der Waals surface area contributed by atoms with Crippen LogP contribution in [0.15, 0.2) is 60.7 Å². The van der Waals surface area contributed by atoms with E-state index in [9.17, 15) is 4.79 Å². The Morgan fingerprint density at radius 2 is 1.62 bits per heavy atom. The molecule has 120 valence electrons. The summed E-state index contributed by atoms with van der Waals surface area (Å²) in [6, 6.07) is 18.9. The molecule has 0 spiro atoms. The van der Waals surface area contributed by atoms with Crippen molar-refractivity contribution < 1.29 is 4.79 Å². The molecule has 3 rings (SSSR count). The molecule has 3 aromatic rings. The Morgan fingerprint density at radius 1 is 0.917 bits per heavy atom. The quantitative estimate of drug-likeness (QED) is 0.760. The molecule has 0 atom stereocenters. The Balaban J connectivity index is 1.83. The van der Waals surface area contributed by atoms with Gasteiger partial charge in [-0.1, -0.05) is 36.4 Å². The van der Waals surface area contributed by atoms with Gasteiger partial charge in [-0.25, -0.2) is 9.97 Å². The summed E-state index contributed by atoms with van der Waals surface area (Å²) in [5.74, 6) is 0.862. The Hall–Kier alpha value is -3.21. The van der Waals surface area contributed by atoms with Crippen LogP contribution in [-0.2, 0) is 0 Å². The molecule has 0 unspecified atom stereocenters. The number of hydrogen-bond donors (Lipinski definition) is 2. The maximum Gasteiger partial charge on any atom is 0.274 e. The number of carbonyl (C=O) groups excluding carboxylic acids is 1. The van der Waals surface area contributed by atoms with E-state index in [0.29, 0.717) is 17.3 Å². The van der Waals surface area contributed by atoms with Gasteiger partial charge in [0.15, 0.2) is 0 Å². The molecule has 2 N–H and O–H groups in total. The minimum absolute atomic E-state index is 0.264. The zero-order valence-electron chi connectivity index (χ0n) is 13.6. The van der Waals surface area contributed by atoms with Gasteiger partial charge in [0.05, 0.1) is 0 Å². The summed E-state index contributed by atoms with van der Waals surface area (Å²) in [5, 5.41) is 6.07. The van der Waals surface area contributed by atoms with Gasteiger partial charge in [-0.15, -0.1) is 0 Å². The molecule has 0 aliphatic heterocycles. The first-order valence-electron chi connectivity index (χ1n) is 7.66. The molecule has 5 nitrogen and oxygen atoms in total. The summed E-state index contributed by atoms with van der Waals surface area (Å²) in [7, 11) is 0. The molecule has 0 bridgehead atoms. The molecule has 0 fully saturated rings. The lowest BCUT2D eigenvalue weighted by Crippen LogP contribution is -2.15. The summed E-state index contributed by atoms with van der Waals surface area (Å²) >= 11 is 0. The van der Waals surface area contributed by atoms with Crippen LogP contribution in [0.4, 0.5) is 17.2 Å². The number of aromatic nitrogens is 2. The molecule has 0 aliphatic rings. The van der Waals surface area contributed by atoms with Gasteiger partial charge in [-0.05, 0) is 37.6 Å². The lowest BCUT2D eigenvalue weighted by molar-refractivity contribution is 0.102. The van der Waals surface area contributed by atoms with Gasteiger partial charge in [0.25, 0.3) is 5.91 Å². The number of para-hydroxylation sites is 2. The summed E-state index contributed by atoms with van der Waals surface area (Å²) in [5.41, 5.74) is 3.10. The van der Waals surface area contributed by atoms with E-state index in [0.717, 1.165) is 16.9 Å². The molecule has 0 aliphatic carbocycles. The standard InChI is InChI=1S/C19H18N4O/c1-13-8-6-7-11-16(13)23-18-12-17(20-14(2)21-18)19(24)22-15-9-4-3-5-10-15/h3-12H,1-2H3,(H,22,24)(H,20,21,23). The fourth-order valence-electron chi connectivity index (χ4n) is 2.32. The van der Waals surface area contributed by atoms with E-state index in [-0.39, 0.29) is 5.91 Å². The van der Waals surface area contributed by atoms with Crippen molar-refractivity contribution in [1.82, 2.24) is 9.97 Å². The maximum atomic E-state index is 12.4. The van der Waals surface area contributed by atoms with E-state index in [1.54, 1.807) is 13.0 Å². The van der Waals surface area contributed by atoms with Crippen LogP contribution in [0.1, 0.15) is 21.9 Å². The number of rotatable bonds is 4. The second-order valence-corrected chi connectivity index (χ2v) is 5.45. The molecular weight excluding hydrogens is 300 g/mol. The summed E-state index contributed by atoms with van der Waals surface area (Å²) < 4.78 is 0. The minimum atomic E-state index is -0.264. The minimum Gasteiger partial charge on any atom is -0.340 e. The lowest BCUT2D eigenvalue weighted by Gasteiger charge is -2.11. The van der Waals surface area contributed by atoms with E-state index in [2.05, 4.69) is 20.6 Å². The van der Waals surface area contributed by atoms with Crippen LogP contribution in [0.25, 0.3) is 0 Å². The molecule has 1 heterocycles. The Labute approximate surface area is 140 Å². The van der Waals surface area contributed by atoms with Gasteiger partial charge < -0.3 is 10.6 Å². The van der Waals surface area contributed by atoms with Crippen LogP contribution >= 0.6 is 0 Å². The van der Waals surface area contributed by atoms with Crippen molar-refractivity contribution in [2.45, 2.75) is 13.8 Å². The molecule has 0 radical (unpaired) electrons. The van der Waals surface area contributed by atoms with Crippen LogP contribution in [0.2, 0.25) is 0 Å². The van der Waals surface area contributed by atoms with Crippen LogP contribution in [0, 0.1) is 13.8 Å². The number of amides is 1. The molecule has 1 amide bonds. The van der Waals surface area contributed by atoms with Crippen molar-refractivity contribution >= 4 is 23.1 Å². The van der Waals surface area contributed by atoms with Gasteiger partial charge in [-0.3, -0.25) is 4.79 Å². The molecule has 0 saturated carbocycles. The highest BCUT2D eigenvalue weighted by Gasteiger charge is 2.11. The molecule has 24 heavy (non-hydrogen) atoms. The zero-order valence-corrected chi connectivity index (χ0v) is 13.6. The highest BCUT2D eigenvalue weighted by atomic mass is 16.1. The van der Waals surface area contributed by atoms with Crippen molar-refractivity contribution in [2.24, 2.45) is 0 Å². The van der Waals surface area contributed by atoms with Crippen LogP contribution < -0.4 is 10.6 Å². The third-order valence-electron chi connectivity index (χ3n) is 3.51. The number of hydrogen-bond acceptors (Lipinski definition) is 4. The van der Waals surface area contributed by atoms with Crippen molar-refractivity contribution in [3.8, 4) is 0 Å². The Morgan fingerprint density at radius 3 is 2.38 bits per heavy atom. The van der Waals surface area contributed by atoms with Gasteiger partial charge in [0, 0.05) is 17.4 Å². The summed E-state index contributed by atoms with van der Waals surface area (Å²) in [4.78, 5) is 21.0. The average molecular weight is 318 g/mol. The number of benzene rings is 2. The first-order chi connectivity index (χ1) is 11.6. The normalized spacial score (nSPS) is 10.2. The number of nitrogens with one attached hydrogen (secondary N) is 2. The van der Waals surface area contributed by atoms with Crippen molar-refractivity contribution in [1.29, 1.82) is 0 Å². The highest BCUT2D eigenvalue weighted by Crippen LogP contribution is 2.19. The molecule has 1 aromatic heterocycles. The van der Waals surface area contributed by atoms with Crippen LogP contribution in [0.3, 0.4) is 0 Å². The fourth-order valence-corrected chi connectivity index (χ4v) is 2.32. The van der Waals surface area contributed by atoms with Crippen LogP contribution in [0.5, 0.6) is 0 Å². The van der Waals surface area contributed by atoms with E-state index in [1.807, 2.05) is 61.5 Å². The van der Waals surface area contributed by atoms with E-state index < -0.39 is 0 Å². The highest BCUT2D eigenvalue weighted by molar-refractivity contribution is 6.03. The first kappa shape index (κ1) is 15.7. The summed E-state index contributed by atoms with van der Waals surface area (Å²) in [6.45, 7) is 3.78. The number of anilines is 3. The van der Waals surface area contributed by atoms with E-state index in [1.165, 1.54) is 0 Å². The predicted octanol–water partition coefficient (Wildman–Crippen LogP) is 4.09. The molecule has 2 aromatic carbocycles. The van der Waals surface area contributed by atoms with Crippen molar-refractivity contribution in [3.63, 3.8) is 0 Å². The van der Waals surface area contributed by atoms with Crippen molar-refractivity contribution in [2.75, 3.05) is 10.6 Å². The molecule has 0 saturated heterocycles. The Bertz CT molecular complexity index is 862. The first-order valence-corrected chi connectivity index (χ1v) is 7.66. The fraction of sp³-hybridized carbons (Fsp3) is 0.105. The second-order valence-electron chi connectivity index (χ2n) is 5.45. The van der Waals surface area contributed by atoms with Gasteiger partial charge in [0.2, 0.25) is 0 Å². The topological polar surface area (TPSA) is 66.9 Å². The molecule has 5 heteroatoms. The van der Waals surface area contributed by atoms with Gasteiger partial charge in [-0.2, -0.15) is 0 Å².